The van der Waals surface area contributed by atoms with Crippen LogP contribution in [0.2, 0.25) is 0 Å². The molecular formula is C32H37N5O4. The fourth-order valence-corrected chi connectivity index (χ4v) is 5.77. The van der Waals surface area contributed by atoms with Crippen molar-refractivity contribution in [3.05, 3.63) is 72.1 Å². The molecule has 0 unspecified atom stereocenters. The molecular weight excluding hydrogens is 518 g/mol. The van der Waals surface area contributed by atoms with Gasteiger partial charge in [-0.3, -0.25) is 14.9 Å². The molecule has 6 rings (SSSR count). The molecule has 41 heavy (non-hydrogen) atoms. The normalized spacial score (nSPS) is 19.3. The van der Waals surface area contributed by atoms with Gasteiger partial charge >= 0.3 is 0 Å². The van der Waals surface area contributed by atoms with E-state index in [0.29, 0.717) is 37.6 Å². The molecule has 0 fully saturated rings. The van der Waals surface area contributed by atoms with E-state index in [9.17, 15) is 9.59 Å². The van der Waals surface area contributed by atoms with Crippen LogP contribution < -0.4 is 5.32 Å². The molecule has 214 valence electrons. The average Bonchev–Trinajstić information content (AvgIpc) is 3.61. The molecule has 2 amide bonds. The number of carbonyl (C=O) groups is 2. The quantitative estimate of drug-likeness (QED) is 0.336. The van der Waals surface area contributed by atoms with Crippen LogP contribution in [0.15, 0.2) is 60.9 Å². The van der Waals surface area contributed by atoms with E-state index < -0.39 is 0 Å². The first-order chi connectivity index (χ1) is 20.0. The largest absolute Gasteiger partial charge is 0.378 e. The van der Waals surface area contributed by atoms with E-state index in [1.165, 1.54) is 0 Å². The number of rotatable bonds is 0. The monoisotopic (exact) mass is 555 g/mol. The van der Waals surface area contributed by atoms with Crippen LogP contribution in [0.1, 0.15) is 11.1 Å². The summed E-state index contributed by atoms with van der Waals surface area (Å²) in [4.78, 5) is 31.3. The number of carbonyl (C=O) groups excluding carboxylic acids is 2. The number of hydrogen-bond acceptors (Lipinski definition) is 6. The topological polar surface area (TPSA) is 81.0 Å². The molecule has 0 atom stereocenters. The van der Waals surface area contributed by atoms with Gasteiger partial charge in [0.15, 0.2) is 0 Å². The van der Waals surface area contributed by atoms with E-state index in [-0.39, 0.29) is 11.8 Å². The Kier molecular flexibility index (Phi) is 8.02. The Morgan fingerprint density at radius 2 is 1.02 bits per heavy atom. The first-order valence-electron chi connectivity index (χ1n) is 14.3. The fourth-order valence-electron chi connectivity index (χ4n) is 5.77. The van der Waals surface area contributed by atoms with Gasteiger partial charge in [-0.2, -0.15) is 0 Å². The third kappa shape index (κ3) is 5.58. The number of ether oxygens (including phenoxy) is 2. The summed E-state index contributed by atoms with van der Waals surface area (Å²) in [6.45, 7) is 7.18. The number of imide groups is 1. The second-order valence-corrected chi connectivity index (χ2v) is 10.9. The van der Waals surface area contributed by atoms with Gasteiger partial charge in [-0.1, -0.05) is 36.4 Å². The Morgan fingerprint density at radius 1 is 0.585 bits per heavy atom. The second kappa shape index (κ2) is 12.0. The van der Waals surface area contributed by atoms with E-state index in [4.69, 9.17) is 9.47 Å². The molecule has 2 aromatic carbocycles. The van der Waals surface area contributed by atoms with E-state index in [1.807, 2.05) is 48.8 Å². The summed E-state index contributed by atoms with van der Waals surface area (Å²) in [6, 6.07) is 16.2. The summed E-state index contributed by atoms with van der Waals surface area (Å²) in [7, 11) is 4.17. The maximum atomic E-state index is 13.4. The number of likely N-dealkylation sites (N-methyl/N-ethyl adjacent to an activating group) is 2. The SMILES string of the molecule is CN1CCOCCOCCN(C)CCn2cc(c3ccccc32)C2=C(C(=O)NC2=O)c2cn(c3ccccc23)CC1. The van der Waals surface area contributed by atoms with Gasteiger partial charge in [-0.05, 0) is 26.2 Å². The zero-order chi connectivity index (χ0) is 28.3. The number of para-hydroxylation sites is 2. The van der Waals surface area contributed by atoms with Crippen LogP contribution in [-0.4, -0.2) is 97.5 Å². The number of aromatic nitrogens is 2. The second-order valence-electron chi connectivity index (χ2n) is 10.9. The summed E-state index contributed by atoms with van der Waals surface area (Å²) in [6.07, 6.45) is 4.06. The highest BCUT2D eigenvalue weighted by molar-refractivity contribution is 6.50. The van der Waals surface area contributed by atoms with E-state index in [2.05, 4.69) is 50.5 Å². The van der Waals surface area contributed by atoms with Crippen LogP contribution in [0.3, 0.4) is 0 Å². The Bertz CT molecular complexity index is 1500. The molecule has 0 spiro atoms. The molecule has 2 aliphatic rings. The smallest absolute Gasteiger partial charge is 0.259 e. The molecule has 0 aliphatic carbocycles. The van der Waals surface area contributed by atoms with Crippen LogP contribution in [0.25, 0.3) is 33.0 Å². The minimum atomic E-state index is -0.354. The van der Waals surface area contributed by atoms with Crippen molar-refractivity contribution in [2.75, 3.05) is 66.7 Å². The lowest BCUT2D eigenvalue weighted by molar-refractivity contribution is -0.122. The number of benzene rings is 2. The van der Waals surface area contributed by atoms with Crippen LogP contribution in [0, 0.1) is 0 Å². The zero-order valence-electron chi connectivity index (χ0n) is 23.8. The van der Waals surface area contributed by atoms with E-state index in [1.54, 1.807) is 0 Å². The summed E-state index contributed by atoms with van der Waals surface area (Å²) in [5.41, 5.74) is 4.50. The molecule has 4 bridgehead atoms. The molecule has 0 saturated carbocycles. The number of fused-ring (bicyclic) bond motifs is 12. The predicted molar refractivity (Wildman–Crippen MR) is 160 cm³/mol. The van der Waals surface area contributed by atoms with E-state index in [0.717, 1.165) is 72.2 Å². The van der Waals surface area contributed by atoms with Gasteiger partial charge in [0, 0.05) is 84.6 Å². The van der Waals surface area contributed by atoms with Crippen molar-refractivity contribution in [2.24, 2.45) is 0 Å². The van der Waals surface area contributed by atoms with Gasteiger partial charge in [0.1, 0.15) is 0 Å². The highest BCUT2D eigenvalue weighted by Crippen LogP contribution is 2.39. The lowest BCUT2D eigenvalue weighted by Gasteiger charge is -2.18. The van der Waals surface area contributed by atoms with Crippen molar-refractivity contribution in [3.63, 3.8) is 0 Å². The summed E-state index contributed by atoms with van der Waals surface area (Å²) in [5.74, 6) is -0.707. The van der Waals surface area contributed by atoms with Crippen LogP contribution in [0.4, 0.5) is 0 Å². The maximum Gasteiger partial charge on any atom is 0.259 e. The molecule has 2 aromatic heterocycles. The zero-order valence-corrected chi connectivity index (χ0v) is 23.8. The molecule has 9 heteroatoms. The maximum absolute atomic E-state index is 13.4. The molecule has 4 heterocycles. The highest BCUT2D eigenvalue weighted by Gasteiger charge is 2.35. The Labute approximate surface area is 239 Å². The van der Waals surface area contributed by atoms with Gasteiger partial charge in [0.25, 0.3) is 11.8 Å². The molecule has 9 nitrogen and oxygen atoms in total. The Morgan fingerprint density at radius 3 is 1.49 bits per heavy atom. The van der Waals surface area contributed by atoms with Crippen LogP contribution in [0.5, 0.6) is 0 Å². The van der Waals surface area contributed by atoms with Gasteiger partial charge in [-0.15, -0.1) is 0 Å². The molecule has 1 N–H and O–H groups in total. The Hall–Kier alpha value is -3.76. The summed E-state index contributed by atoms with van der Waals surface area (Å²) < 4.78 is 16.0. The van der Waals surface area contributed by atoms with Crippen molar-refractivity contribution in [1.82, 2.24) is 24.3 Å². The molecule has 0 radical (unpaired) electrons. The fraction of sp³-hybridized carbons (Fsp3) is 0.375. The van der Waals surface area contributed by atoms with Gasteiger partial charge < -0.3 is 28.4 Å². The summed E-state index contributed by atoms with van der Waals surface area (Å²) >= 11 is 0. The van der Waals surface area contributed by atoms with Crippen molar-refractivity contribution in [1.29, 1.82) is 0 Å². The standard InChI is InChI=1S/C32H37N5O4/c1-34-11-13-36-21-25(23-7-3-5-9-27(23)36)29-30(32(39)33-31(29)38)26-22-37(28-10-6-4-8-24(26)28)14-12-35(2)16-18-41-20-19-40-17-15-34/h3-10,21-22H,11-20H2,1-2H3,(H,33,38,39). The minimum absolute atomic E-state index is 0.354. The number of amides is 2. The predicted octanol–water partition coefficient (Wildman–Crippen LogP) is 3.07. The lowest BCUT2D eigenvalue weighted by Crippen LogP contribution is -2.28. The van der Waals surface area contributed by atoms with Gasteiger partial charge in [0.2, 0.25) is 0 Å². The lowest BCUT2D eigenvalue weighted by atomic mass is 9.95. The number of nitrogens with zero attached hydrogens (tertiary/aromatic N) is 4. The number of nitrogens with one attached hydrogen (secondary N) is 1. The first-order valence-corrected chi connectivity index (χ1v) is 14.3. The summed E-state index contributed by atoms with van der Waals surface area (Å²) in [5, 5.41) is 4.52. The number of hydrogen-bond donors (Lipinski definition) is 1. The average molecular weight is 556 g/mol. The first kappa shape index (κ1) is 27.4. The van der Waals surface area contributed by atoms with Crippen molar-refractivity contribution >= 4 is 44.8 Å². The highest BCUT2D eigenvalue weighted by atomic mass is 16.5. The van der Waals surface area contributed by atoms with Crippen molar-refractivity contribution < 1.29 is 19.1 Å². The molecule has 2 aliphatic heterocycles. The van der Waals surface area contributed by atoms with Crippen molar-refractivity contribution in [3.8, 4) is 0 Å². The molecule has 0 saturated heterocycles. The van der Waals surface area contributed by atoms with Gasteiger partial charge in [0.05, 0.1) is 37.6 Å². The Balaban J connectivity index is 1.47. The third-order valence-corrected chi connectivity index (χ3v) is 8.10. The third-order valence-electron chi connectivity index (χ3n) is 8.10. The van der Waals surface area contributed by atoms with Crippen molar-refractivity contribution in [2.45, 2.75) is 13.1 Å². The van der Waals surface area contributed by atoms with E-state index >= 15 is 0 Å². The van der Waals surface area contributed by atoms with Gasteiger partial charge in [-0.25, -0.2) is 0 Å². The van der Waals surface area contributed by atoms with Crippen LogP contribution >= 0.6 is 0 Å². The molecule has 4 aromatic rings. The minimum Gasteiger partial charge on any atom is -0.378 e. The van der Waals surface area contributed by atoms with Crippen LogP contribution in [-0.2, 0) is 32.2 Å².